The molecule has 1 fully saturated rings. The molecule has 0 unspecified atom stereocenters. The van der Waals surface area contributed by atoms with Crippen LogP contribution in [0, 0.1) is 0 Å². The van der Waals surface area contributed by atoms with Crippen LogP contribution in [0.4, 0.5) is 5.69 Å². The van der Waals surface area contributed by atoms with Crippen molar-refractivity contribution in [3.8, 4) is 0 Å². The van der Waals surface area contributed by atoms with Crippen LogP contribution >= 0.6 is 0 Å². The summed E-state index contributed by atoms with van der Waals surface area (Å²) in [5.74, 6) is 0. The fraction of sp³-hybridized carbons (Fsp3) is 0.625. The summed E-state index contributed by atoms with van der Waals surface area (Å²) < 4.78 is 0. The lowest BCUT2D eigenvalue weighted by molar-refractivity contribution is 0.300. The van der Waals surface area contributed by atoms with E-state index in [1.54, 1.807) is 0 Å². The van der Waals surface area contributed by atoms with Crippen molar-refractivity contribution in [3.05, 3.63) is 29.3 Å². The Morgan fingerprint density at radius 1 is 1.22 bits per heavy atom. The van der Waals surface area contributed by atoms with E-state index in [0.29, 0.717) is 0 Å². The molecule has 1 aromatic carbocycles. The zero-order valence-corrected chi connectivity index (χ0v) is 11.4. The fourth-order valence-corrected chi connectivity index (χ4v) is 3.74. The summed E-state index contributed by atoms with van der Waals surface area (Å²) in [6, 6.07) is 7.08. The molecule has 1 saturated carbocycles. The molecule has 2 heteroatoms. The van der Waals surface area contributed by atoms with E-state index in [4.69, 9.17) is 5.73 Å². The SMILES string of the molecule is CN1CCc2cc(C3(CN)CCCCC3)ccc21. The monoisotopic (exact) mass is 244 g/mol. The number of anilines is 1. The molecule has 0 spiro atoms. The Bertz CT molecular complexity index is 433. The molecule has 0 amide bonds. The zero-order valence-electron chi connectivity index (χ0n) is 11.4. The molecule has 0 atom stereocenters. The van der Waals surface area contributed by atoms with Crippen LogP contribution in [-0.2, 0) is 11.8 Å². The molecule has 1 heterocycles. The first-order chi connectivity index (χ1) is 8.75. The van der Waals surface area contributed by atoms with E-state index in [9.17, 15) is 0 Å². The Morgan fingerprint density at radius 3 is 2.72 bits per heavy atom. The van der Waals surface area contributed by atoms with E-state index in [1.807, 2.05) is 0 Å². The third-order valence-corrected chi connectivity index (χ3v) is 5.02. The summed E-state index contributed by atoms with van der Waals surface area (Å²) in [6.45, 7) is 1.97. The molecule has 18 heavy (non-hydrogen) atoms. The van der Waals surface area contributed by atoms with E-state index in [-0.39, 0.29) is 5.41 Å². The predicted octanol–water partition coefficient (Wildman–Crippen LogP) is 2.84. The van der Waals surface area contributed by atoms with Gasteiger partial charge < -0.3 is 10.6 Å². The molecular formula is C16H24N2. The van der Waals surface area contributed by atoms with E-state index < -0.39 is 0 Å². The lowest BCUT2D eigenvalue weighted by Crippen LogP contribution is -2.37. The number of benzene rings is 1. The van der Waals surface area contributed by atoms with Crippen LogP contribution in [-0.4, -0.2) is 20.1 Å². The number of nitrogens with zero attached hydrogens (tertiary/aromatic N) is 1. The Hall–Kier alpha value is -1.02. The van der Waals surface area contributed by atoms with E-state index >= 15 is 0 Å². The number of hydrogen-bond donors (Lipinski definition) is 1. The van der Waals surface area contributed by atoms with Crippen LogP contribution in [0.15, 0.2) is 18.2 Å². The lowest BCUT2D eigenvalue weighted by atomic mass is 9.69. The third kappa shape index (κ3) is 1.83. The van der Waals surface area contributed by atoms with Crippen LogP contribution in [0.25, 0.3) is 0 Å². The van der Waals surface area contributed by atoms with Crippen molar-refractivity contribution in [3.63, 3.8) is 0 Å². The maximum Gasteiger partial charge on any atom is 0.0397 e. The minimum absolute atomic E-state index is 0.272. The van der Waals surface area contributed by atoms with Crippen LogP contribution in [0.2, 0.25) is 0 Å². The van der Waals surface area contributed by atoms with Gasteiger partial charge in [-0.25, -0.2) is 0 Å². The minimum atomic E-state index is 0.272. The van der Waals surface area contributed by atoms with Crippen molar-refractivity contribution in [2.75, 3.05) is 25.0 Å². The summed E-state index contributed by atoms with van der Waals surface area (Å²) in [6.07, 6.45) is 7.81. The second kappa shape index (κ2) is 4.58. The van der Waals surface area contributed by atoms with Crippen molar-refractivity contribution < 1.29 is 0 Å². The van der Waals surface area contributed by atoms with Crippen LogP contribution in [0.3, 0.4) is 0 Å². The van der Waals surface area contributed by atoms with Gasteiger partial charge in [0.1, 0.15) is 0 Å². The second-order valence-corrected chi connectivity index (χ2v) is 6.06. The largest absolute Gasteiger partial charge is 0.374 e. The van der Waals surface area contributed by atoms with E-state index in [0.717, 1.165) is 13.1 Å². The molecule has 0 aromatic heterocycles. The van der Waals surface area contributed by atoms with Crippen molar-refractivity contribution >= 4 is 5.69 Å². The van der Waals surface area contributed by atoms with Gasteiger partial charge in [-0.3, -0.25) is 0 Å². The number of hydrogen-bond acceptors (Lipinski definition) is 2. The quantitative estimate of drug-likeness (QED) is 0.867. The van der Waals surface area contributed by atoms with Crippen molar-refractivity contribution in [1.82, 2.24) is 0 Å². The van der Waals surface area contributed by atoms with Crippen molar-refractivity contribution in [1.29, 1.82) is 0 Å². The molecule has 2 N–H and O–H groups in total. The van der Waals surface area contributed by atoms with Gasteiger partial charge in [0.2, 0.25) is 0 Å². The standard InChI is InChI=1S/C16H24N2/c1-18-10-7-13-11-14(5-6-15(13)18)16(12-17)8-3-2-4-9-16/h5-6,11H,2-4,7-10,12,17H2,1H3. The molecule has 2 nitrogen and oxygen atoms in total. The maximum absolute atomic E-state index is 6.13. The van der Waals surface area contributed by atoms with Gasteiger partial charge in [-0.1, -0.05) is 31.4 Å². The molecule has 98 valence electrons. The van der Waals surface area contributed by atoms with Gasteiger partial charge in [-0.15, -0.1) is 0 Å². The number of likely N-dealkylation sites (N-methyl/N-ethyl adjacent to an activating group) is 1. The highest BCUT2D eigenvalue weighted by atomic mass is 15.1. The smallest absolute Gasteiger partial charge is 0.0397 e. The Balaban J connectivity index is 1.96. The first-order valence-corrected chi connectivity index (χ1v) is 7.30. The highest BCUT2D eigenvalue weighted by molar-refractivity contribution is 5.59. The summed E-state index contributed by atoms with van der Waals surface area (Å²) in [5.41, 5.74) is 10.8. The number of fused-ring (bicyclic) bond motifs is 1. The maximum atomic E-state index is 6.13. The number of rotatable bonds is 2. The first kappa shape index (κ1) is 12.0. The topological polar surface area (TPSA) is 29.3 Å². The second-order valence-electron chi connectivity index (χ2n) is 6.06. The van der Waals surface area contributed by atoms with E-state index in [1.165, 1.54) is 55.3 Å². The first-order valence-electron chi connectivity index (χ1n) is 7.30. The molecular weight excluding hydrogens is 220 g/mol. The summed E-state index contributed by atoms with van der Waals surface area (Å²) in [5, 5.41) is 0. The summed E-state index contributed by atoms with van der Waals surface area (Å²) in [4.78, 5) is 2.36. The lowest BCUT2D eigenvalue weighted by Gasteiger charge is -2.37. The molecule has 0 radical (unpaired) electrons. The molecule has 1 aliphatic heterocycles. The Labute approximate surface area is 110 Å². The van der Waals surface area contributed by atoms with Crippen molar-refractivity contribution in [2.45, 2.75) is 43.9 Å². The zero-order chi connectivity index (χ0) is 12.6. The minimum Gasteiger partial charge on any atom is -0.374 e. The third-order valence-electron chi connectivity index (χ3n) is 5.02. The van der Waals surface area contributed by atoms with Gasteiger partial charge in [0.05, 0.1) is 0 Å². The van der Waals surface area contributed by atoms with Gasteiger partial charge in [-0.05, 0) is 36.5 Å². The van der Waals surface area contributed by atoms with Gasteiger partial charge in [0.15, 0.2) is 0 Å². The van der Waals surface area contributed by atoms with Gasteiger partial charge in [0, 0.05) is 31.2 Å². The summed E-state index contributed by atoms with van der Waals surface area (Å²) in [7, 11) is 2.19. The number of nitrogens with two attached hydrogens (primary N) is 1. The van der Waals surface area contributed by atoms with Gasteiger partial charge in [-0.2, -0.15) is 0 Å². The van der Waals surface area contributed by atoms with E-state index in [2.05, 4.69) is 30.1 Å². The average molecular weight is 244 g/mol. The van der Waals surface area contributed by atoms with Gasteiger partial charge >= 0.3 is 0 Å². The van der Waals surface area contributed by atoms with Gasteiger partial charge in [0.25, 0.3) is 0 Å². The molecule has 1 aromatic rings. The van der Waals surface area contributed by atoms with Crippen LogP contribution < -0.4 is 10.6 Å². The predicted molar refractivity (Wildman–Crippen MR) is 77.2 cm³/mol. The molecule has 2 aliphatic rings. The molecule has 0 bridgehead atoms. The Kier molecular flexibility index (Phi) is 3.06. The molecule has 1 aliphatic carbocycles. The average Bonchev–Trinajstić information content (AvgIpc) is 2.81. The highest BCUT2D eigenvalue weighted by Gasteiger charge is 2.33. The normalized spacial score (nSPS) is 22.0. The van der Waals surface area contributed by atoms with Crippen molar-refractivity contribution in [2.24, 2.45) is 5.73 Å². The highest BCUT2D eigenvalue weighted by Crippen LogP contribution is 2.40. The fourth-order valence-electron chi connectivity index (χ4n) is 3.74. The summed E-state index contributed by atoms with van der Waals surface area (Å²) >= 11 is 0. The molecule has 0 saturated heterocycles. The van der Waals surface area contributed by atoms with Crippen LogP contribution in [0.1, 0.15) is 43.2 Å². The van der Waals surface area contributed by atoms with Crippen LogP contribution in [0.5, 0.6) is 0 Å². The Morgan fingerprint density at radius 2 is 2.00 bits per heavy atom. The molecule has 3 rings (SSSR count).